The normalized spacial score (nSPS) is 15.8. The Bertz CT molecular complexity index is 424. The molecule has 0 aliphatic carbocycles. The Hall–Kier alpha value is -0.570. The van der Waals surface area contributed by atoms with Crippen LogP contribution in [-0.2, 0) is 9.53 Å². The van der Waals surface area contributed by atoms with Crippen molar-refractivity contribution < 1.29 is 9.53 Å². The molecule has 1 aliphatic rings. The van der Waals surface area contributed by atoms with Gasteiger partial charge in [-0.1, -0.05) is 19.3 Å². The number of hydrogen-bond acceptors (Lipinski definition) is 4. The van der Waals surface area contributed by atoms with Crippen LogP contribution < -0.4 is 10.6 Å². The molecule has 0 aromatic carbocycles. The summed E-state index contributed by atoms with van der Waals surface area (Å²) >= 11 is 0. The number of nitrogens with one attached hydrogen (secondary N) is 2. The molecule has 1 rings (SSSR count). The zero-order valence-corrected chi connectivity index (χ0v) is 20.1. The van der Waals surface area contributed by atoms with Crippen molar-refractivity contribution in [1.29, 1.82) is 0 Å². The SMILES string of the molecule is CCNC(=NCC(C)(C)N1CCCCC1)NCCCCCCC(=O)OC.I. The first-order valence-electron chi connectivity index (χ1n) is 10.3. The van der Waals surface area contributed by atoms with E-state index < -0.39 is 0 Å². The van der Waals surface area contributed by atoms with E-state index >= 15 is 0 Å². The van der Waals surface area contributed by atoms with Gasteiger partial charge in [0.15, 0.2) is 5.96 Å². The Morgan fingerprint density at radius 3 is 2.37 bits per heavy atom. The van der Waals surface area contributed by atoms with E-state index in [1.807, 2.05) is 0 Å². The zero-order chi connectivity index (χ0) is 19.3. The van der Waals surface area contributed by atoms with Gasteiger partial charge in [-0.3, -0.25) is 14.7 Å². The van der Waals surface area contributed by atoms with Gasteiger partial charge in [-0.2, -0.15) is 0 Å². The topological polar surface area (TPSA) is 66.0 Å². The van der Waals surface area contributed by atoms with E-state index in [0.717, 1.165) is 51.3 Å². The standard InChI is InChI=1S/C20H40N4O2.HI/c1-5-21-19(22-14-10-7-6-9-13-18(25)26-4)23-17-20(2,3)24-15-11-8-12-16-24;/h5-17H2,1-4H3,(H2,21,22,23);1H. The van der Waals surface area contributed by atoms with E-state index in [1.165, 1.54) is 39.5 Å². The fraction of sp³-hybridized carbons (Fsp3) is 0.900. The molecule has 160 valence electrons. The quantitative estimate of drug-likeness (QED) is 0.151. The van der Waals surface area contributed by atoms with Crippen molar-refractivity contribution in [3.05, 3.63) is 0 Å². The van der Waals surface area contributed by atoms with Gasteiger partial charge in [0.05, 0.1) is 13.7 Å². The van der Waals surface area contributed by atoms with E-state index in [0.29, 0.717) is 6.42 Å². The van der Waals surface area contributed by atoms with Gasteiger partial charge in [0.1, 0.15) is 0 Å². The van der Waals surface area contributed by atoms with E-state index in [9.17, 15) is 4.79 Å². The van der Waals surface area contributed by atoms with Crippen LogP contribution in [0, 0.1) is 0 Å². The van der Waals surface area contributed by atoms with Crippen molar-refractivity contribution in [1.82, 2.24) is 15.5 Å². The van der Waals surface area contributed by atoms with Crippen LogP contribution in [0.25, 0.3) is 0 Å². The molecule has 0 atom stereocenters. The van der Waals surface area contributed by atoms with Gasteiger partial charge in [0, 0.05) is 25.0 Å². The lowest BCUT2D eigenvalue weighted by Crippen LogP contribution is -2.49. The molecular weight excluding hydrogens is 455 g/mol. The Balaban J connectivity index is 0.00000676. The number of piperidine rings is 1. The average Bonchev–Trinajstić information content (AvgIpc) is 2.65. The number of rotatable bonds is 11. The fourth-order valence-electron chi connectivity index (χ4n) is 3.27. The van der Waals surface area contributed by atoms with Gasteiger partial charge in [-0.15, -0.1) is 24.0 Å². The maximum absolute atomic E-state index is 11.1. The van der Waals surface area contributed by atoms with Crippen LogP contribution >= 0.6 is 24.0 Å². The Kier molecular flexibility index (Phi) is 15.0. The monoisotopic (exact) mass is 496 g/mol. The van der Waals surface area contributed by atoms with Crippen molar-refractivity contribution >= 4 is 35.9 Å². The second-order valence-corrected chi connectivity index (χ2v) is 7.72. The number of methoxy groups -OCH3 is 1. The van der Waals surface area contributed by atoms with Gasteiger partial charge in [-0.05, 0) is 59.5 Å². The van der Waals surface area contributed by atoms with Gasteiger partial charge in [-0.25, -0.2) is 0 Å². The molecule has 0 amide bonds. The highest BCUT2D eigenvalue weighted by molar-refractivity contribution is 14.0. The van der Waals surface area contributed by atoms with Crippen molar-refractivity contribution in [2.24, 2.45) is 4.99 Å². The van der Waals surface area contributed by atoms with Gasteiger partial charge < -0.3 is 15.4 Å². The minimum atomic E-state index is -0.110. The molecule has 2 N–H and O–H groups in total. The lowest BCUT2D eigenvalue weighted by Gasteiger charge is -2.40. The molecule has 1 saturated heterocycles. The molecule has 0 aromatic heterocycles. The third kappa shape index (κ3) is 11.8. The molecule has 0 radical (unpaired) electrons. The molecule has 0 unspecified atom stereocenters. The highest BCUT2D eigenvalue weighted by Gasteiger charge is 2.27. The predicted molar refractivity (Wildman–Crippen MR) is 124 cm³/mol. The van der Waals surface area contributed by atoms with Crippen LogP contribution in [0.4, 0.5) is 0 Å². The number of ether oxygens (including phenoxy) is 1. The first kappa shape index (κ1) is 26.4. The van der Waals surface area contributed by atoms with Gasteiger partial charge >= 0.3 is 5.97 Å². The highest BCUT2D eigenvalue weighted by Crippen LogP contribution is 2.20. The van der Waals surface area contributed by atoms with Gasteiger partial charge in [0.2, 0.25) is 0 Å². The third-order valence-electron chi connectivity index (χ3n) is 5.01. The van der Waals surface area contributed by atoms with Crippen molar-refractivity contribution in [2.45, 2.75) is 77.7 Å². The lowest BCUT2D eigenvalue weighted by atomic mass is 9.99. The molecule has 1 aliphatic heterocycles. The van der Waals surface area contributed by atoms with Crippen LogP contribution in [0.1, 0.15) is 72.1 Å². The number of hydrogen-bond donors (Lipinski definition) is 2. The molecule has 0 aromatic rings. The van der Waals surface area contributed by atoms with E-state index in [2.05, 4.69) is 41.0 Å². The molecule has 1 heterocycles. The molecule has 0 spiro atoms. The van der Waals surface area contributed by atoms with E-state index in [4.69, 9.17) is 4.99 Å². The number of nitrogens with zero attached hydrogens (tertiary/aromatic N) is 2. The largest absolute Gasteiger partial charge is 0.469 e. The summed E-state index contributed by atoms with van der Waals surface area (Å²) in [6.45, 7) is 11.7. The molecule has 27 heavy (non-hydrogen) atoms. The molecule has 6 nitrogen and oxygen atoms in total. The summed E-state index contributed by atoms with van der Waals surface area (Å²) in [5.74, 6) is 0.799. The van der Waals surface area contributed by atoms with Crippen LogP contribution in [0.2, 0.25) is 0 Å². The predicted octanol–water partition coefficient (Wildman–Crippen LogP) is 3.55. The lowest BCUT2D eigenvalue weighted by molar-refractivity contribution is -0.140. The van der Waals surface area contributed by atoms with Crippen molar-refractivity contribution in [3.63, 3.8) is 0 Å². The summed E-state index contributed by atoms with van der Waals surface area (Å²) in [5.41, 5.74) is 0.108. The number of esters is 1. The number of likely N-dealkylation sites (tertiary alicyclic amines) is 1. The second-order valence-electron chi connectivity index (χ2n) is 7.72. The minimum Gasteiger partial charge on any atom is -0.469 e. The highest BCUT2D eigenvalue weighted by atomic mass is 127. The zero-order valence-electron chi connectivity index (χ0n) is 17.8. The number of halogens is 1. The molecule has 0 bridgehead atoms. The van der Waals surface area contributed by atoms with E-state index in [1.54, 1.807) is 0 Å². The number of carbonyl (C=O) groups is 1. The Morgan fingerprint density at radius 2 is 1.74 bits per heavy atom. The molecule has 1 fully saturated rings. The number of carbonyl (C=O) groups excluding carboxylic acids is 1. The molecule has 0 saturated carbocycles. The van der Waals surface area contributed by atoms with Crippen molar-refractivity contribution in [3.8, 4) is 0 Å². The summed E-state index contributed by atoms with van der Waals surface area (Å²) in [6.07, 6.45) is 8.67. The van der Waals surface area contributed by atoms with Crippen molar-refractivity contribution in [2.75, 3.05) is 39.8 Å². The van der Waals surface area contributed by atoms with Crippen LogP contribution in [-0.4, -0.2) is 62.2 Å². The summed E-state index contributed by atoms with van der Waals surface area (Å²) in [7, 11) is 1.44. The summed E-state index contributed by atoms with van der Waals surface area (Å²) in [5, 5.41) is 6.78. The summed E-state index contributed by atoms with van der Waals surface area (Å²) in [6, 6.07) is 0. The third-order valence-corrected chi connectivity index (χ3v) is 5.01. The average molecular weight is 496 g/mol. The first-order valence-corrected chi connectivity index (χ1v) is 10.3. The Morgan fingerprint density at radius 1 is 1.07 bits per heavy atom. The number of unbranched alkanes of at least 4 members (excludes halogenated alkanes) is 3. The molecular formula is C20H41IN4O2. The first-order chi connectivity index (χ1) is 12.5. The van der Waals surface area contributed by atoms with Crippen LogP contribution in [0.5, 0.6) is 0 Å². The van der Waals surface area contributed by atoms with Crippen LogP contribution in [0.15, 0.2) is 4.99 Å². The van der Waals surface area contributed by atoms with Gasteiger partial charge in [0.25, 0.3) is 0 Å². The maximum Gasteiger partial charge on any atom is 0.305 e. The fourth-order valence-corrected chi connectivity index (χ4v) is 3.27. The number of aliphatic imine (C=N–C) groups is 1. The smallest absolute Gasteiger partial charge is 0.305 e. The van der Waals surface area contributed by atoms with E-state index in [-0.39, 0.29) is 35.5 Å². The maximum atomic E-state index is 11.1. The minimum absolute atomic E-state index is 0. The summed E-state index contributed by atoms with van der Waals surface area (Å²) < 4.78 is 4.66. The second kappa shape index (κ2) is 15.4. The Labute approximate surface area is 183 Å². The summed E-state index contributed by atoms with van der Waals surface area (Å²) in [4.78, 5) is 18.5. The number of guanidine groups is 1. The molecule has 7 heteroatoms. The van der Waals surface area contributed by atoms with Crippen LogP contribution in [0.3, 0.4) is 0 Å².